The van der Waals surface area contributed by atoms with Crippen molar-refractivity contribution in [2.75, 3.05) is 18.0 Å². The van der Waals surface area contributed by atoms with Gasteiger partial charge in [-0.05, 0) is 55.9 Å². The number of benzene rings is 1. The van der Waals surface area contributed by atoms with E-state index in [0.717, 1.165) is 37.3 Å². The van der Waals surface area contributed by atoms with Gasteiger partial charge in [-0.15, -0.1) is 0 Å². The van der Waals surface area contributed by atoms with Gasteiger partial charge in [0.15, 0.2) is 0 Å². The molecule has 2 heterocycles. The van der Waals surface area contributed by atoms with Crippen LogP contribution in [0.4, 0.5) is 10.6 Å². The molecule has 26 heavy (non-hydrogen) atoms. The predicted molar refractivity (Wildman–Crippen MR) is 105 cm³/mol. The van der Waals surface area contributed by atoms with Crippen molar-refractivity contribution in [3.63, 3.8) is 0 Å². The van der Waals surface area contributed by atoms with Gasteiger partial charge in [-0.1, -0.05) is 30.3 Å². The number of carbonyl (C=O) groups excluding carboxylic acids is 1. The Balaban J connectivity index is 1.41. The Morgan fingerprint density at radius 3 is 2.69 bits per heavy atom. The van der Waals surface area contributed by atoms with E-state index in [2.05, 4.69) is 38.7 Å². The third-order valence-electron chi connectivity index (χ3n) is 4.78. The molecule has 1 fully saturated rings. The molecule has 2 amide bonds. The summed E-state index contributed by atoms with van der Waals surface area (Å²) in [6, 6.07) is 14.4. The molecule has 0 bridgehead atoms. The number of anilines is 1. The summed E-state index contributed by atoms with van der Waals surface area (Å²) in [5.41, 5.74) is 2.38. The minimum atomic E-state index is -0.120. The largest absolute Gasteiger partial charge is 0.357 e. The summed E-state index contributed by atoms with van der Waals surface area (Å²) in [5.74, 6) is 1.01. The second kappa shape index (κ2) is 9.22. The van der Waals surface area contributed by atoms with Crippen LogP contribution in [0.1, 0.15) is 37.3 Å². The maximum atomic E-state index is 12.1. The van der Waals surface area contributed by atoms with Gasteiger partial charge in [0.1, 0.15) is 5.82 Å². The molecule has 1 aliphatic heterocycles. The first kappa shape index (κ1) is 18.2. The molecule has 0 unspecified atom stereocenters. The summed E-state index contributed by atoms with van der Waals surface area (Å²) >= 11 is 0. The van der Waals surface area contributed by atoms with Crippen molar-refractivity contribution in [1.82, 2.24) is 15.6 Å². The van der Waals surface area contributed by atoms with Gasteiger partial charge in [0.05, 0.1) is 0 Å². The van der Waals surface area contributed by atoms with Gasteiger partial charge in [0, 0.05) is 31.9 Å². The quantitative estimate of drug-likeness (QED) is 0.802. The average Bonchev–Trinajstić information content (AvgIpc) is 3.21. The standard InChI is InChI=1S/C21H28N4O/c1-17(9-10-18-7-3-2-4-8-18)24-21(26)23-16-19-11-12-22-20(15-19)25-13-5-6-14-25/h2-4,7-8,11-12,15,17H,5-6,9-10,13-14,16H2,1H3,(H2,23,24,26)/t17-/m0/s1. The highest BCUT2D eigenvalue weighted by atomic mass is 16.2. The molecule has 3 rings (SSSR count). The Hall–Kier alpha value is -2.56. The predicted octanol–water partition coefficient (Wildman–Crippen LogP) is 3.50. The summed E-state index contributed by atoms with van der Waals surface area (Å²) in [6.45, 7) is 4.70. The number of nitrogens with zero attached hydrogens (tertiary/aromatic N) is 2. The molecule has 5 heteroatoms. The van der Waals surface area contributed by atoms with E-state index in [4.69, 9.17) is 0 Å². The van der Waals surface area contributed by atoms with Crippen LogP contribution in [0.15, 0.2) is 48.7 Å². The number of carbonyl (C=O) groups is 1. The van der Waals surface area contributed by atoms with Gasteiger partial charge in [-0.25, -0.2) is 9.78 Å². The van der Waals surface area contributed by atoms with Crippen molar-refractivity contribution >= 4 is 11.8 Å². The lowest BCUT2D eigenvalue weighted by molar-refractivity contribution is 0.237. The lowest BCUT2D eigenvalue weighted by Gasteiger charge is -2.17. The normalized spacial score (nSPS) is 14.9. The van der Waals surface area contributed by atoms with Gasteiger partial charge in [0.2, 0.25) is 0 Å². The van der Waals surface area contributed by atoms with Crippen molar-refractivity contribution in [1.29, 1.82) is 0 Å². The highest BCUT2D eigenvalue weighted by Gasteiger charge is 2.14. The third-order valence-corrected chi connectivity index (χ3v) is 4.78. The second-order valence-electron chi connectivity index (χ2n) is 6.97. The van der Waals surface area contributed by atoms with Gasteiger partial charge in [0.25, 0.3) is 0 Å². The van der Waals surface area contributed by atoms with Crippen LogP contribution in [0.2, 0.25) is 0 Å². The summed E-state index contributed by atoms with van der Waals surface area (Å²) in [5, 5.41) is 5.96. The van der Waals surface area contributed by atoms with Crippen molar-refractivity contribution in [2.24, 2.45) is 0 Å². The number of rotatable bonds is 7. The molecule has 1 saturated heterocycles. The number of amides is 2. The van der Waals surface area contributed by atoms with E-state index in [1.807, 2.05) is 37.4 Å². The Morgan fingerprint density at radius 2 is 1.92 bits per heavy atom. The monoisotopic (exact) mass is 352 g/mol. The fraction of sp³-hybridized carbons (Fsp3) is 0.429. The number of hydrogen-bond acceptors (Lipinski definition) is 3. The van der Waals surface area contributed by atoms with Crippen LogP contribution in [0, 0.1) is 0 Å². The lowest BCUT2D eigenvalue weighted by atomic mass is 10.1. The fourth-order valence-electron chi connectivity index (χ4n) is 3.25. The molecular weight excluding hydrogens is 324 g/mol. The van der Waals surface area contributed by atoms with Gasteiger partial charge in [-0.2, -0.15) is 0 Å². The first-order chi connectivity index (χ1) is 12.7. The third kappa shape index (κ3) is 5.48. The Labute approximate surface area is 155 Å². The topological polar surface area (TPSA) is 57.3 Å². The van der Waals surface area contributed by atoms with E-state index in [1.165, 1.54) is 18.4 Å². The Morgan fingerprint density at radius 1 is 1.15 bits per heavy atom. The van der Waals surface area contributed by atoms with E-state index < -0.39 is 0 Å². The molecule has 1 aliphatic rings. The van der Waals surface area contributed by atoms with Crippen LogP contribution in [0.25, 0.3) is 0 Å². The maximum absolute atomic E-state index is 12.1. The van der Waals surface area contributed by atoms with Crippen LogP contribution in [0.5, 0.6) is 0 Å². The molecule has 1 aromatic heterocycles. The van der Waals surface area contributed by atoms with Crippen molar-refractivity contribution in [3.05, 3.63) is 59.8 Å². The van der Waals surface area contributed by atoms with Crippen LogP contribution in [-0.2, 0) is 13.0 Å². The Kier molecular flexibility index (Phi) is 6.47. The van der Waals surface area contributed by atoms with Crippen molar-refractivity contribution in [3.8, 4) is 0 Å². The lowest BCUT2D eigenvalue weighted by Crippen LogP contribution is -2.40. The van der Waals surface area contributed by atoms with Crippen LogP contribution < -0.4 is 15.5 Å². The molecule has 0 aliphatic carbocycles. The smallest absolute Gasteiger partial charge is 0.315 e. The van der Waals surface area contributed by atoms with Gasteiger partial charge in [-0.3, -0.25) is 0 Å². The van der Waals surface area contributed by atoms with Gasteiger partial charge < -0.3 is 15.5 Å². The maximum Gasteiger partial charge on any atom is 0.315 e. The van der Waals surface area contributed by atoms with E-state index in [-0.39, 0.29) is 12.1 Å². The molecule has 0 spiro atoms. The van der Waals surface area contributed by atoms with E-state index >= 15 is 0 Å². The SMILES string of the molecule is C[C@@H](CCc1ccccc1)NC(=O)NCc1ccnc(N2CCCC2)c1. The zero-order chi connectivity index (χ0) is 18.2. The number of aryl methyl sites for hydroxylation is 1. The highest BCUT2D eigenvalue weighted by molar-refractivity contribution is 5.74. The number of hydrogen-bond donors (Lipinski definition) is 2. The summed E-state index contributed by atoms with van der Waals surface area (Å²) in [7, 11) is 0. The number of pyridine rings is 1. The van der Waals surface area contributed by atoms with Crippen LogP contribution in [0.3, 0.4) is 0 Å². The number of urea groups is 1. The molecular formula is C21H28N4O. The summed E-state index contributed by atoms with van der Waals surface area (Å²) in [4.78, 5) is 18.9. The molecule has 0 saturated carbocycles. The minimum absolute atomic E-state index is 0.120. The molecule has 1 atom stereocenters. The molecule has 5 nitrogen and oxygen atoms in total. The van der Waals surface area contributed by atoms with Crippen molar-refractivity contribution < 1.29 is 4.79 Å². The van der Waals surface area contributed by atoms with E-state index in [9.17, 15) is 4.79 Å². The summed E-state index contributed by atoms with van der Waals surface area (Å²) in [6.07, 6.45) is 6.17. The van der Waals surface area contributed by atoms with Crippen molar-refractivity contribution in [2.45, 2.75) is 45.2 Å². The van der Waals surface area contributed by atoms with Crippen LogP contribution >= 0.6 is 0 Å². The average molecular weight is 352 g/mol. The zero-order valence-electron chi connectivity index (χ0n) is 15.4. The van der Waals surface area contributed by atoms with E-state index in [0.29, 0.717) is 6.54 Å². The molecule has 2 N–H and O–H groups in total. The highest BCUT2D eigenvalue weighted by Crippen LogP contribution is 2.18. The minimum Gasteiger partial charge on any atom is -0.357 e. The first-order valence-electron chi connectivity index (χ1n) is 9.49. The van der Waals surface area contributed by atoms with Crippen LogP contribution in [-0.4, -0.2) is 30.1 Å². The molecule has 1 aromatic carbocycles. The summed E-state index contributed by atoms with van der Waals surface area (Å²) < 4.78 is 0. The first-order valence-corrected chi connectivity index (χ1v) is 9.49. The molecule has 2 aromatic rings. The molecule has 138 valence electrons. The van der Waals surface area contributed by atoms with E-state index in [1.54, 1.807) is 0 Å². The number of nitrogens with one attached hydrogen (secondary N) is 2. The Bertz CT molecular complexity index is 698. The fourth-order valence-corrected chi connectivity index (χ4v) is 3.25. The van der Waals surface area contributed by atoms with Gasteiger partial charge >= 0.3 is 6.03 Å². The molecule has 0 radical (unpaired) electrons. The number of aromatic nitrogens is 1. The zero-order valence-corrected chi connectivity index (χ0v) is 15.4. The second-order valence-corrected chi connectivity index (χ2v) is 6.97.